The first-order valence-electron chi connectivity index (χ1n) is 15.8. The lowest BCUT2D eigenvalue weighted by Gasteiger charge is -2.33. The molecule has 0 spiro atoms. The molecule has 3 N–H and O–H groups in total. The average molecular weight is 749 g/mol. The van der Waals surface area contributed by atoms with Crippen LogP contribution in [0.5, 0.6) is 11.5 Å². The molecule has 4 rings (SSSR count). The number of rotatable bonds is 17. The molecule has 5 atom stereocenters. The van der Waals surface area contributed by atoms with Gasteiger partial charge in [-0.2, -0.15) is 4.31 Å². The molecule has 2 aliphatic heterocycles. The standard InChI is InChI=1S/C31H46N2O13P2S/c1-21(2)17-33(49(39,40)25-12-10-23(41-3)11-13-25)18-28(46-48(36,37)38)27(16-22-6-8-24(9-7-22)44-20-47(4,5)35)32-31(34)45-29-19-43-30-26(29)14-15-42-30/h6-13,21,26-30H,14-20H2,1-5H3,(H,32,34)(H2,36,37,38)/t26-,27-,28+,29-,30+/m0/s1. The first-order valence-corrected chi connectivity index (χ1v) is 21.5. The Morgan fingerprint density at radius 3 is 2.27 bits per heavy atom. The van der Waals surface area contributed by atoms with Gasteiger partial charge in [0.2, 0.25) is 10.0 Å². The summed E-state index contributed by atoms with van der Waals surface area (Å²) in [5.74, 6) is 0.524. The highest BCUT2D eigenvalue weighted by Crippen LogP contribution is 2.40. The van der Waals surface area contributed by atoms with Crippen LogP contribution in [0.3, 0.4) is 0 Å². The third-order valence-electron chi connectivity index (χ3n) is 7.84. The molecule has 1 amide bonds. The number of ether oxygens (including phenoxy) is 5. The van der Waals surface area contributed by atoms with Crippen molar-refractivity contribution in [2.24, 2.45) is 11.8 Å². The van der Waals surface area contributed by atoms with Crippen molar-refractivity contribution in [2.45, 2.75) is 56.1 Å². The molecular formula is C31H46N2O13P2S. The summed E-state index contributed by atoms with van der Waals surface area (Å²) in [6.07, 6.45) is -2.94. The van der Waals surface area contributed by atoms with Crippen molar-refractivity contribution in [2.75, 3.05) is 53.1 Å². The summed E-state index contributed by atoms with van der Waals surface area (Å²) in [4.78, 5) is 33.3. The van der Waals surface area contributed by atoms with Gasteiger partial charge in [-0.3, -0.25) is 4.52 Å². The Balaban J connectivity index is 1.65. The Hall–Kier alpha value is -2.52. The van der Waals surface area contributed by atoms with E-state index in [2.05, 4.69) is 5.32 Å². The Bertz CT molecular complexity index is 1600. The molecule has 18 heteroatoms. The monoisotopic (exact) mass is 748 g/mol. The molecule has 2 aromatic carbocycles. The largest absolute Gasteiger partial charge is 0.497 e. The zero-order valence-corrected chi connectivity index (χ0v) is 30.8. The van der Waals surface area contributed by atoms with Crippen molar-refractivity contribution >= 4 is 31.1 Å². The van der Waals surface area contributed by atoms with Gasteiger partial charge in [-0.1, -0.05) is 26.0 Å². The van der Waals surface area contributed by atoms with Crippen LogP contribution in [0.2, 0.25) is 0 Å². The molecule has 274 valence electrons. The van der Waals surface area contributed by atoms with Gasteiger partial charge in [0.15, 0.2) is 6.29 Å². The average Bonchev–Trinajstić information content (AvgIpc) is 3.63. The minimum Gasteiger partial charge on any atom is -0.497 e. The highest BCUT2D eigenvalue weighted by atomic mass is 32.2. The van der Waals surface area contributed by atoms with Crippen LogP contribution in [0, 0.1) is 11.8 Å². The van der Waals surface area contributed by atoms with Crippen molar-refractivity contribution in [3.8, 4) is 11.5 Å². The first kappa shape index (κ1) is 39.3. The zero-order chi connectivity index (χ0) is 36.0. The minimum atomic E-state index is -5.24. The maximum absolute atomic E-state index is 13.9. The summed E-state index contributed by atoms with van der Waals surface area (Å²) in [5.41, 5.74) is 0.593. The van der Waals surface area contributed by atoms with Gasteiger partial charge < -0.3 is 43.4 Å². The highest BCUT2D eigenvalue weighted by molar-refractivity contribution is 7.89. The van der Waals surface area contributed by atoms with E-state index in [9.17, 15) is 32.1 Å². The number of hydrogen-bond acceptors (Lipinski definition) is 11. The number of hydrogen-bond donors (Lipinski definition) is 3. The van der Waals surface area contributed by atoms with Gasteiger partial charge in [0.05, 0.1) is 37.2 Å². The molecule has 15 nitrogen and oxygen atoms in total. The van der Waals surface area contributed by atoms with Crippen molar-refractivity contribution in [1.29, 1.82) is 0 Å². The third-order valence-corrected chi connectivity index (χ3v) is 11.0. The Morgan fingerprint density at radius 1 is 1.02 bits per heavy atom. The highest BCUT2D eigenvalue weighted by Gasteiger charge is 2.44. The number of sulfonamides is 1. The van der Waals surface area contributed by atoms with E-state index in [-0.39, 0.29) is 42.7 Å². The molecular weight excluding hydrogens is 702 g/mol. The first-order chi connectivity index (χ1) is 22.9. The van der Waals surface area contributed by atoms with E-state index in [0.29, 0.717) is 30.1 Å². The summed E-state index contributed by atoms with van der Waals surface area (Å²) in [6.45, 7) is 6.82. The number of carbonyl (C=O) groups is 1. The van der Waals surface area contributed by atoms with Crippen molar-refractivity contribution in [3.05, 3.63) is 54.1 Å². The molecule has 2 aromatic rings. The molecule has 0 saturated carbocycles. The fourth-order valence-corrected chi connectivity index (χ4v) is 8.18. The van der Waals surface area contributed by atoms with Crippen LogP contribution < -0.4 is 14.8 Å². The van der Waals surface area contributed by atoms with Crippen LogP contribution in [-0.2, 0) is 44.3 Å². The van der Waals surface area contributed by atoms with Gasteiger partial charge in [0, 0.05) is 13.1 Å². The Morgan fingerprint density at radius 2 is 1.67 bits per heavy atom. The Kier molecular flexibility index (Phi) is 13.4. The van der Waals surface area contributed by atoms with Crippen LogP contribution >= 0.6 is 15.0 Å². The molecule has 0 aliphatic carbocycles. The number of methoxy groups -OCH3 is 1. The second-order valence-electron chi connectivity index (χ2n) is 12.9. The lowest BCUT2D eigenvalue weighted by molar-refractivity contribution is -0.0907. The maximum Gasteiger partial charge on any atom is 0.469 e. The van der Waals surface area contributed by atoms with E-state index in [1.54, 1.807) is 51.4 Å². The molecule has 49 heavy (non-hydrogen) atoms. The number of nitrogens with zero attached hydrogens (tertiary/aromatic N) is 1. The SMILES string of the molecule is COc1ccc(S(=O)(=O)N(CC(C)C)C[C@@H](OP(=O)(O)O)[C@H](Cc2ccc(OCP(C)(C)=O)cc2)NC(=O)O[C@H]2CO[C@H]3OCC[C@H]32)cc1. The quantitative estimate of drug-likeness (QED) is 0.197. The number of carbonyl (C=O) groups excluding carboxylic acids is 1. The Labute approximate surface area is 287 Å². The van der Waals surface area contributed by atoms with Crippen molar-refractivity contribution < 1.29 is 60.3 Å². The van der Waals surface area contributed by atoms with E-state index < -0.39 is 62.2 Å². The zero-order valence-electron chi connectivity index (χ0n) is 28.2. The van der Waals surface area contributed by atoms with E-state index in [1.807, 2.05) is 0 Å². The van der Waals surface area contributed by atoms with Crippen LogP contribution in [0.1, 0.15) is 25.8 Å². The molecule has 2 saturated heterocycles. The lowest BCUT2D eigenvalue weighted by atomic mass is 10.0. The van der Waals surface area contributed by atoms with E-state index in [0.717, 1.165) is 4.31 Å². The number of phosphoric acid groups is 1. The third kappa shape index (κ3) is 11.8. The normalized spacial score (nSPS) is 21.0. The van der Waals surface area contributed by atoms with Crippen molar-refractivity contribution in [3.63, 3.8) is 0 Å². The summed E-state index contributed by atoms with van der Waals surface area (Å²) in [7, 11) is -10.5. The molecule has 0 radical (unpaired) electrons. The van der Waals surface area contributed by atoms with Gasteiger partial charge in [-0.05, 0) is 74.1 Å². The number of nitrogens with one attached hydrogen (secondary N) is 1. The number of amides is 1. The molecule has 0 bridgehead atoms. The van der Waals surface area contributed by atoms with Gasteiger partial charge >= 0.3 is 13.9 Å². The maximum atomic E-state index is 13.9. The van der Waals surface area contributed by atoms with Crippen LogP contribution in [-0.4, -0.2) is 106 Å². The second kappa shape index (κ2) is 16.7. The molecule has 2 aliphatic rings. The molecule has 2 heterocycles. The number of phosphoric ester groups is 1. The number of alkyl carbamates (subject to hydrolysis) is 1. The van der Waals surface area contributed by atoms with Gasteiger partial charge in [0.1, 0.15) is 37.2 Å². The van der Waals surface area contributed by atoms with E-state index in [4.69, 9.17) is 28.2 Å². The second-order valence-corrected chi connectivity index (χ2v) is 19.5. The summed E-state index contributed by atoms with van der Waals surface area (Å²) >= 11 is 0. The van der Waals surface area contributed by atoms with Crippen LogP contribution in [0.25, 0.3) is 0 Å². The summed E-state index contributed by atoms with van der Waals surface area (Å²) in [5, 5.41) is 2.69. The number of fused-ring (bicyclic) bond motifs is 1. The van der Waals surface area contributed by atoms with Gasteiger partial charge in [0.25, 0.3) is 0 Å². The fourth-order valence-electron chi connectivity index (χ4n) is 5.54. The smallest absolute Gasteiger partial charge is 0.469 e. The van der Waals surface area contributed by atoms with Gasteiger partial charge in [-0.25, -0.2) is 17.8 Å². The van der Waals surface area contributed by atoms with E-state index in [1.165, 1.54) is 31.4 Å². The van der Waals surface area contributed by atoms with Crippen LogP contribution in [0.4, 0.5) is 4.79 Å². The fraction of sp³-hybridized carbons (Fsp3) is 0.581. The summed E-state index contributed by atoms with van der Waals surface area (Å²) in [6, 6.07) is 11.1. The predicted octanol–water partition coefficient (Wildman–Crippen LogP) is 3.88. The summed E-state index contributed by atoms with van der Waals surface area (Å²) < 4.78 is 86.2. The van der Waals surface area contributed by atoms with Crippen LogP contribution in [0.15, 0.2) is 53.4 Å². The van der Waals surface area contributed by atoms with E-state index >= 15 is 0 Å². The molecule has 2 fully saturated rings. The van der Waals surface area contributed by atoms with Gasteiger partial charge in [-0.15, -0.1) is 0 Å². The van der Waals surface area contributed by atoms with Crippen molar-refractivity contribution in [1.82, 2.24) is 9.62 Å². The lowest BCUT2D eigenvalue weighted by Crippen LogP contribution is -2.52. The number of benzene rings is 2. The molecule has 0 aromatic heterocycles. The molecule has 0 unspecified atom stereocenters. The predicted molar refractivity (Wildman–Crippen MR) is 180 cm³/mol. The topological polar surface area (TPSA) is 196 Å². The minimum absolute atomic E-state index is 0.0280.